The molecule has 66 heavy (non-hydrogen) atoms. The molecular formula is C44H62N3O15S4+. The van der Waals surface area contributed by atoms with Crippen molar-refractivity contribution in [3.63, 3.8) is 0 Å². The highest BCUT2D eigenvalue weighted by atomic mass is 32.2. The van der Waals surface area contributed by atoms with Crippen molar-refractivity contribution in [2.75, 3.05) is 70.6 Å². The van der Waals surface area contributed by atoms with Gasteiger partial charge in [-0.15, -0.1) is 0 Å². The summed E-state index contributed by atoms with van der Waals surface area (Å²) in [5.74, 6) is -1.91. The Morgan fingerprint density at radius 1 is 0.742 bits per heavy atom. The van der Waals surface area contributed by atoms with E-state index in [4.69, 9.17) is 13.7 Å². The molecule has 22 heteroatoms. The average molecular weight is 1000 g/mol. The lowest BCUT2D eigenvalue weighted by atomic mass is 9.76. The summed E-state index contributed by atoms with van der Waals surface area (Å²) >= 11 is 0. The number of carboxylic acid groups (broad SMARTS) is 1. The Kier molecular flexibility index (Phi) is 19.2. The summed E-state index contributed by atoms with van der Waals surface area (Å²) in [5.41, 5.74) is 2.27. The van der Waals surface area contributed by atoms with E-state index in [2.05, 4.69) is 4.72 Å². The van der Waals surface area contributed by atoms with E-state index in [9.17, 15) is 52.7 Å². The van der Waals surface area contributed by atoms with Gasteiger partial charge in [-0.25, -0.2) is 13.1 Å². The monoisotopic (exact) mass is 1000 g/mol. The fourth-order valence-electron chi connectivity index (χ4n) is 8.46. The van der Waals surface area contributed by atoms with Gasteiger partial charge in [0.05, 0.1) is 47.0 Å². The van der Waals surface area contributed by atoms with Crippen LogP contribution < -0.4 is 9.62 Å². The number of methoxy groups -OCH3 is 2. The standard InChI is InChI=1S/C44H61N3O15S4/c1-43(23-14-30-63(50,51)52)36-32-34(65(56,57)45-25-28-60-3)19-21-38(36)46(26-13-9-12-18-42(48)49)40(43)16-10-7-6-8-11-17-41-44(2,24-15-31-64(53,54)55)37-33-35(66(58,59)62-5)20-22-39(37)47(41)27-29-61-4/h6-8,10-11,16-17,19-22,32-33,45H,9,12-15,18,23-31H2,1-5H3,(H2-,48,49,50,51,52,53,54,55)/p+1. The minimum atomic E-state index is -4.31. The van der Waals surface area contributed by atoms with Crippen LogP contribution >= 0.6 is 0 Å². The van der Waals surface area contributed by atoms with Crippen LogP contribution in [0.3, 0.4) is 0 Å². The molecule has 2 aromatic rings. The van der Waals surface area contributed by atoms with Crippen LogP contribution in [0.1, 0.15) is 76.3 Å². The van der Waals surface area contributed by atoms with Crippen molar-refractivity contribution < 1.29 is 70.9 Å². The van der Waals surface area contributed by atoms with E-state index in [1.807, 2.05) is 35.5 Å². The Morgan fingerprint density at radius 2 is 1.35 bits per heavy atom. The summed E-state index contributed by atoms with van der Waals surface area (Å²) in [6.45, 7) is 5.09. The highest BCUT2D eigenvalue weighted by Gasteiger charge is 2.48. The SMILES string of the molecule is COCCNS(=O)(=O)c1ccc2c(c1)C(C)(CCCS(=O)(=O)O)C(C=CC=CC=CC=C1N(CCOC)c3ccc(S(=O)(=O)OC)cc3C1(C)CCCS(=O)(=O)O)=[N+]2CCCCCC(=O)O. The number of ether oxygens (including phenoxy) is 2. The number of carboxylic acids is 1. The minimum Gasteiger partial charge on any atom is -0.481 e. The Bertz CT molecular complexity index is 2680. The lowest BCUT2D eigenvalue weighted by molar-refractivity contribution is -0.438. The van der Waals surface area contributed by atoms with E-state index in [0.29, 0.717) is 61.5 Å². The van der Waals surface area contributed by atoms with Crippen LogP contribution in [0.5, 0.6) is 0 Å². The Labute approximate surface area is 389 Å². The molecule has 18 nitrogen and oxygen atoms in total. The zero-order chi connectivity index (χ0) is 49.0. The van der Waals surface area contributed by atoms with Crippen LogP contribution in [0.15, 0.2) is 94.4 Å². The van der Waals surface area contributed by atoms with Gasteiger partial charge in [0.2, 0.25) is 15.7 Å². The summed E-state index contributed by atoms with van der Waals surface area (Å²) in [5, 5.41) is 9.18. The second-order valence-corrected chi connectivity index (χ2v) is 23.0. The average Bonchev–Trinajstić information content (AvgIpc) is 3.60. The number of benzene rings is 2. The molecular weight excluding hydrogens is 939 g/mol. The third kappa shape index (κ3) is 14.2. The first-order valence-corrected chi connectivity index (χ1v) is 27.4. The van der Waals surface area contributed by atoms with Crippen LogP contribution in [0.2, 0.25) is 0 Å². The van der Waals surface area contributed by atoms with Crippen molar-refractivity contribution in [1.82, 2.24) is 4.72 Å². The third-order valence-corrected chi connectivity index (χ3v) is 16.1. The van der Waals surface area contributed by atoms with Gasteiger partial charge in [0, 0.05) is 74.7 Å². The molecule has 0 amide bonds. The summed E-state index contributed by atoms with van der Waals surface area (Å²) in [6, 6.07) is 9.40. The molecule has 0 bridgehead atoms. The number of sulfonamides is 1. The molecule has 0 aromatic heterocycles. The fraction of sp³-hybridized carbons (Fsp3) is 0.500. The molecule has 0 saturated heterocycles. The summed E-state index contributed by atoms with van der Waals surface area (Å²) in [7, 11) is -12.6. The molecule has 0 fully saturated rings. The fourth-order valence-corrected chi connectivity index (χ4v) is 11.2. The lowest BCUT2D eigenvalue weighted by Gasteiger charge is -2.30. The first-order chi connectivity index (χ1) is 30.9. The largest absolute Gasteiger partial charge is 0.481 e. The number of carbonyl (C=O) groups is 1. The second kappa shape index (κ2) is 23.3. The van der Waals surface area contributed by atoms with Gasteiger partial charge < -0.3 is 19.5 Å². The maximum absolute atomic E-state index is 13.4. The van der Waals surface area contributed by atoms with Gasteiger partial charge in [-0.1, -0.05) is 30.4 Å². The number of hydrogen-bond acceptors (Lipinski definition) is 13. The number of anilines is 1. The van der Waals surface area contributed by atoms with Gasteiger partial charge in [-0.2, -0.15) is 29.8 Å². The molecule has 2 aliphatic heterocycles. The number of unbranched alkanes of at least 4 members (excludes halogenated alkanes) is 2. The molecule has 2 heterocycles. The lowest BCUT2D eigenvalue weighted by Crippen LogP contribution is -2.32. The molecule has 0 saturated carbocycles. The van der Waals surface area contributed by atoms with Gasteiger partial charge in [0.25, 0.3) is 30.4 Å². The number of fused-ring (bicyclic) bond motifs is 2. The van der Waals surface area contributed by atoms with Crippen molar-refractivity contribution in [2.45, 2.75) is 85.8 Å². The quantitative estimate of drug-likeness (QED) is 0.0279. The van der Waals surface area contributed by atoms with E-state index < -0.39 is 68.7 Å². The zero-order valence-electron chi connectivity index (χ0n) is 37.9. The molecule has 2 atom stereocenters. The number of nitrogens with zero attached hydrogens (tertiary/aromatic N) is 2. The normalized spacial score (nSPS) is 19.9. The summed E-state index contributed by atoms with van der Waals surface area (Å²) in [6.07, 6.45) is 14.8. The van der Waals surface area contributed by atoms with E-state index >= 15 is 0 Å². The molecule has 0 radical (unpaired) electrons. The van der Waals surface area contributed by atoms with Crippen molar-refractivity contribution in [2.24, 2.45) is 0 Å². The van der Waals surface area contributed by atoms with Crippen LogP contribution in [0.4, 0.5) is 11.4 Å². The highest BCUT2D eigenvalue weighted by molar-refractivity contribution is 7.89. The number of hydrogen-bond donors (Lipinski definition) is 4. The topological polar surface area (TPSA) is 260 Å². The predicted molar refractivity (Wildman–Crippen MR) is 251 cm³/mol. The van der Waals surface area contributed by atoms with Crippen molar-refractivity contribution in [3.8, 4) is 0 Å². The Balaban J connectivity index is 1.76. The first kappa shape index (κ1) is 54.5. The van der Waals surface area contributed by atoms with E-state index in [0.717, 1.165) is 18.5 Å². The third-order valence-electron chi connectivity index (χ3n) is 11.7. The molecule has 4 rings (SSSR count). The van der Waals surface area contributed by atoms with Crippen LogP contribution in [0.25, 0.3) is 0 Å². The number of rotatable bonds is 28. The molecule has 0 aliphatic carbocycles. The Morgan fingerprint density at radius 3 is 1.97 bits per heavy atom. The van der Waals surface area contributed by atoms with Gasteiger partial charge in [0.15, 0.2) is 5.71 Å². The maximum Gasteiger partial charge on any atom is 0.303 e. The van der Waals surface area contributed by atoms with Gasteiger partial charge >= 0.3 is 5.97 Å². The van der Waals surface area contributed by atoms with Crippen LogP contribution in [-0.2, 0) is 69.7 Å². The highest BCUT2D eigenvalue weighted by Crippen LogP contribution is 2.51. The number of aliphatic carboxylic acids is 1. The van der Waals surface area contributed by atoms with Crippen molar-refractivity contribution in [1.29, 1.82) is 0 Å². The van der Waals surface area contributed by atoms with Crippen molar-refractivity contribution in [3.05, 3.63) is 95.8 Å². The molecule has 2 aromatic carbocycles. The maximum atomic E-state index is 13.4. The molecule has 2 unspecified atom stereocenters. The molecule has 2 aliphatic rings. The van der Waals surface area contributed by atoms with E-state index in [1.54, 1.807) is 55.7 Å². The van der Waals surface area contributed by atoms with Gasteiger partial charge in [-0.3, -0.25) is 18.1 Å². The van der Waals surface area contributed by atoms with Gasteiger partial charge in [0.1, 0.15) is 6.54 Å². The number of nitrogens with one attached hydrogen (secondary N) is 1. The minimum absolute atomic E-state index is 0.00488. The molecule has 366 valence electrons. The summed E-state index contributed by atoms with van der Waals surface area (Å²) in [4.78, 5) is 13.1. The second-order valence-electron chi connectivity index (χ2n) is 16.4. The Hall–Kier alpha value is -4.10. The first-order valence-electron chi connectivity index (χ1n) is 21.3. The van der Waals surface area contributed by atoms with Crippen LogP contribution in [-0.4, -0.2) is 130 Å². The summed E-state index contributed by atoms with van der Waals surface area (Å²) < 4.78 is 138. The predicted octanol–water partition coefficient (Wildman–Crippen LogP) is 5.26. The van der Waals surface area contributed by atoms with E-state index in [-0.39, 0.29) is 55.0 Å². The van der Waals surface area contributed by atoms with Gasteiger partial charge in [-0.05, 0) is 94.3 Å². The van der Waals surface area contributed by atoms with E-state index in [1.165, 1.54) is 25.3 Å². The molecule has 0 spiro atoms. The van der Waals surface area contributed by atoms with Crippen LogP contribution in [0, 0.1) is 0 Å². The van der Waals surface area contributed by atoms with Crippen molar-refractivity contribution >= 4 is 63.4 Å². The number of allylic oxidation sites excluding steroid dienone is 8. The smallest absolute Gasteiger partial charge is 0.303 e. The molecule has 4 N–H and O–H groups in total. The zero-order valence-corrected chi connectivity index (χ0v) is 41.1.